The molecular formula is C8H8BrClOS. The molecule has 0 aliphatic heterocycles. The average Bonchev–Trinajstić information content (AvgIpc) is 2.32. The molecule has 0 radical (unpaired) electrons. The van der Waals surface area contributed by atoms with Crippen LogP contribution in [0.4, 0.5) is 0 Å². The van der Waals surface area contributed by atoms with Gasteiger partial charge in [0, 0.05) is 0 Å². The Balaban J connectivity index is 2.93. The quantitative estimate of drug-likeness (QED) is 0.590. The summed E-state index contributed by atoms with van der Waals surface area (Å²) in [5, 5.41) is 0. The van der Waals surface area contributed by atoms with Gasteiger partial charge >= 0.3 is 0 Å². The van der Waals surface area contributed by atoms with E-state index in [0.29, 0.717) is 4.88 Å². The Morgan fingerprint density at radius 1 is 1.58 bits per heavy atom. The van der Waals surface area contributed by atoms with Crippen molar-refractivity contribution in [2.45, 2.75) is 18.7 Å². The number of alkyl halides is 1. The molecule has 1 heterocycles. The van der Waals surface area contributed by atoms with Crippen molar-refractivity contribution in [2.24, 2.45) is 0 Å². The molecule has 0 unspecified atom stereocenters. The third-order valence-electron chi connectivity index (χ3n) is 1.34. The van der Waals surface area contributed by atoms with E-state index < -0.39 is 4.87 Å². The Labute approximate surface area is 88.9 Å². The van der Waals surface area contributed by atoms with Gasteiger partial charge in [-0.05, 0) is 41.9 Å². The van der Waals surface area contributed by atoms with Gasteiger partial charge in [0.15, 0.2) is 5.78 Å². The summed E-state index contributed by atoms with van der Waals surface area (Å²) in [6, 6.07) is 3.63. The van der Waals surface area contributed by atoms with E-state index in [9.17, 15) is 4.79 Å². The highest BCUT2D eigenvalue weighted by Gasteiger charge is 2.26. The highest BCUT2D eigenvalue weighted by molar-refractivity contribution is 9.11. The van der Waals surface area contributed by atoms with Crippen molar-refractivity contribution in [1.29, 1.82) is 0 Å². The summed E-state index contributed by atoms with van der Waals surface area (Å²) in [4.78, 5) is 11.4. The Hall–Kier alpha value is 0.140. The number of Topliss-reactive ketones (excluding diaryl/α,β-unsaturated/α-hetero) is 1. The van der Waals surface area contributed by atoms with Crippen LogP contribution < -0.4 is 0 Å². The van der Waals surface area contributed by atoms with Crippen molar-refractivity contribution >= 4 is 44.7 Å². The number of carbonyl (C=O) groups excluding carboxylic acids is 1. The van der Waals surface area contributed by atoms with Crippen LogP contribution in [0.2, 0.25) is 0 Å². The largest absolute Gasteiger partial charge is 0.291 e. The summed E-state index contributed by atoms with van der Waals surface area (Å²) in [6.45, 7) is 3.40. The summed E-state index contributed by atoms with van der Waals surface area (Å²) in [5.74, 6) is -0.0279. The van der Waals surface area contributed by atoms with Crippen LogP contribution in [-0.2, 0) is 0 Å². The first kappa shape index (κ1) is 10.2. The lowest BCUT2D eigenvalue weighted by Crippen LogP contribution is -2.23. The van der Waals surface area contributed by atoms with Crippen LogP contribution in [0.5, 0.6) is 0 Å². The summed E-state index contributed by atoms with van der Waals surface area (Å²) < 4.78 is 0.951. The maximum atomic E-state index is 11.5. The molecule has 0 amide bonds. The molecule has 1 nitrogen and oxygen atoms in total. The second-order valence-corrected chi connectivity index (χ2v) is 6.31. The highest BCUT2D eigenvalue weighted by Crippen LogP contribution is 2.27. The predicted molar refractivity (Wildman–Crippen MR) is 56.3 cm³/mol. The van der Waals surface area contributed by atoms with Crippen LogP contribution in [0.3, 0.4) is 0 Å². The zero-order valence-electron chi connectivity index (χ0n) is 6.73. The molecule has 1 aromatic heterocycles. The molecule has 0 aliphatic rings. The SMILES string of the molecule is CC(C)(Cl)C(=O)c1ccc(Br)s1. The van der Waals surface area contributed by atoms with E-state index >= 15 is 0 Å². The predicted octanol–water partition coefficient (Wildman–Crippen LogP) is 3.71. The minimum absolute atomic E-state index is 0.0279. The molecule has 0 aromatic carbocycles. The van der Waals surface area contributed by atoms with Crippen molar-refractivity contribution in [1.82, 2.24) is 0 Å². The van der Waals surface area contributed by atoms with E-state index in [2.05, 4.69) is 15.9 Å². The fourth-order valence-corrected chi connectivity index (χ4v) is 2.37. The molecule has 0 N–H and O–H groups in total. The highest BCUT2D eigenvalue weighted by atomic mass is 79.9. The van der Waals surface area contributed by atoms with Crippen LogP contribution in [0.1, 0.15) is 23.5 Å². The smallest absolute Gasteiger partial charge is 0.193 e. The third-order valence-corrected chi connectivity index (χ3v) is 3.13. The summed E-state index contributed by atoms with van der Waals surface area (Å²) >= 11 is 10.6. The van der Waals surface area contributed by atoms with Gasteiger partial charge in [-0.1, -0.05) is 0 Å². The molecule has 1 rings (SSSR count). The zero-order chi connectivity index (χ0) is 9.35. The second-order valence-electron chi connectivity index (χ2n) is 2.91. The normalized spacial score (nSPS) is 11.7. The van der Waals surface area contributed by atoms with Gasteiger partial charge in [0.25, 0.3) is 0 Å². The van der Waals surface area contributed by atoms with Crippen molar-refractivity contribution in [3.05, 3.63) is 20.8 Å². The lowest BCUT2D eigenvalue weighted by atomic mass is 10.1. The third kappa shape index (κ3) is 2.31. The fourth-order valence-electron chi connectivity index (χ4n) is 0.729. The van der Waals surface area contributed by atoms with Crippen molar-refractivity contribution in [2.75, 3.05) is 0 Å². The van der Waals surface area contributed by atoms with Gasteiger partial charge in [0.1, 0.15) is 4.87 Å². The van der Waals surface area contributed by atoms with E-state index in [4.69, 9.17) is 11.6 Å². The standard InChI is InChI=1S/C8H8BrClOS/c1-8(2,10)7(11)5-3-4-6(9)12-5/h3-4H,1-2H3. The van der Waals surface area contributed by atoms with E-state index in [1.807, 2.05) is 6.07 Å². The van der Waals surface area contributed by atoms with Gasteiger partial charge in [0.05, 0.1) is 8.66 Å². The molecule has 0 fully saturated rings. The maximum Gasteiger partial charge on any atom is 0.193 e. The Morgan fingerprint density at radius 3 is 2.50 bits per heavy atom. The molecular weight excluding hydrogens is 260 g/mol. The number of rotatable bonds is 2. The molecule has 4 heteroatoms. The Morgan fingerprint density at radius 2 is 2.17 bits per heavy atom. The number of carbonyl (C=O) groups is 1. The van der Waals surface area contributed by atoms with Gasteiger partial charge < -0.3 is 0 Å². The fraction of sp³-hybridized carbons (Fsp3) is 0.375. The second kappa shape index (κ2) is 3.48. The lowest BCUT2D eigenvalue weighted by Gasteiger charge is -2.11. The summed E-state index contributed by atoms with van der Waals surface area (Å²) in [6.07, 6.45) is 0. The molecule has 0 saturated carbocycles. The number of hydrogen-bond donors (Lipinski definition) is 0. The van der Waals surface area contributed by atoms with Gasteiger partial charge in [-0.15, -0.1) is 22.9 Å². The van der Waals surface area contributed by atoms with E-state index in [0.717, 1.165) is 3.79 Å². The van der Waals surface area contributed by atoms with Crippen LogP contribution in [-0.4, -0.2) is 10.7 Å². The maximum absolute atomic E-state index is 11.5. The number of thiophene rings is 1. The molecule has 12 heavy (non-hydrogen) atoms. The Kier molecular flexibility index (Phi) is 2.97. The summed E-state index contributed by atoms with van der Waals surface area (Å²) in [7, 11) is 0. The Bertz CT molecular complexity index is 300. The van der Waals surface area contributed by atoms with E-state index in [-0.39, 0.29) is 5.78 Å². The molecule has 66 valence electrons. The average molecular weight is 268 g/mol. The first-order valence-corrected chi connectivity index (χ1v) is 5.39. The topological polar surface area (TPSA) is 17.1 Å². The molecule has 0 aliphatic carbocycles. The number of halogens is 2. The van der Waals surface area contributed by atoms with E-state index in [1.54, 1.807) is 19.9 Å². The molecule has 0 atom stereocenters. The molecule has 0 spiro atoms. The van der Waals surface area contributed by atoms with Crippen LogP contribution in [0.15, 0.2) is 15.9 Å². The molecule has 1 aromatic rings. The van der Waals surface area contributed by atoms with Crippen LogP contribution in [0, 0.1) is 0 Å². The van der Waals surface area contributed by atoms with Gasteiger partial charge in [-0.2, -0.15) is 0 Å². The van der Waals surface area contributed by atoms with Gasteiger partial charge in [-0.3, -0.25) is 4.79 Å². The van der Waals surface area contributed by atoms with Crippen molar-refractivity contribution in [3.63, 3.8) is 0 Å². The number of ketones is 1. The molecule has 0 saturated heterocycles. The minimum atomic E-state index is -0.801. The van der Waals surface area contributed by atoms with Crippen molar-refractivity contribution < 1.29 is 4.79 Å². The molecule has 0 bridgehead atoms. The first-order chi connectivity index (χ1) is 5.41. The first-order valence-electron chi connectivity index (χ1n) is 3.40. The van der Waals surface area contributed by atoms with Crippen molar-refractivity contribution in [3.8, 4) is 0 Å². The van der Waals surface area contributed by atoms with Crippen LogP contribution in [0.25, 0.3) is 0 Å². The summed E-state index contributed by atoms with van der Waals surface area (Å²) in [5.41, 5.74) is 0. The number of hydrogen-bond acceptors (Lipinski definition) is 2. The van der Waals surface area contributed by atoms with Gasteiger partial charge in [-0.25, -0.2) is 0 Å². The minimum Gasteiger partial charge on any atom is -0.291 e. The lowest BCUT2D eigenvalue weighted by molar-refractivity contribution is 0.0958. The van der Waals surface area contributed by atoms with Crippen LogP contribution >= 0.6 is 38.9 Å². The van der Waals surface area contributed by atoms with Gasteiger partial charge in [0.2, 0.25) is 0 Å². The zero-order valence-corrected chi connectivity index (χ0v) is 9.89. The monoisotopic (exact) mass is 266 g/mol. The van der Waals surface area contributed by atoms with E-state index in [1.165, 1.54) is 11.3 Å².